The summed E-state index contributed by atoms with van der Waals surface area (Å²) in [6, 6.07) is 8.70. The van der Waals surface area contributed by atoms with Crippen LogP contribution < -0.4 is 14.8 Å². The molecule has 1 saturated carbocycles. The summed E-state index contributed by atoms with van der Waals surface area (Å²) in [4.78, 5) is 30.1. The molecule has 0 radical (unpaired) electrons. The predicted octanol–water partition coefficient (Wildman–Crippen LogP) is 4.12. The van der Waals surface area contributed by atoms with Gasteiger partial charge in [-0.3, -0.25) is 9.59 Å². The number of carbonyl (C=O) groups is 2. The summed E-state index contributed by atoms with van der Waals surface area (Å²) in [5.41, 5.74) is 0.700. The van der Waals surface area contributed by atoms with Gasteiger partial charge >= 0.3 is 0 Å². The van der Waals surface area contributed by atoms with E-state index in [2.05, 4.69) is 5.32 Å². The van der Waals surface area contributed by atoms with Gasteiger partial charge < -0.3 is 24.4 Å². The molecule has 0 spiro atoms. The molecule has 2 atom stereocenters. The molecule has 8 heteroatoms. The Hall–Kier alpha value is -2.58. The summed E-state index contributed by atoms with van der Waals surface area (Å²) in [6.45, 7) is 1.06. The van der Waals surface area contributed by atoms with Crippen molar-refractivity contribution in [2.24, 2.45) is 0 Å². The van der Waals surface area contributed by atoms with Crippen molar-refractivity contribution in [2.45, 2.75) is 63.1 Å². The fraction of sp³-hybridized carbons (Fsp3) is 0.538. The van der Waals surface area contributed by atoms with Crippen LogP contribution in [0.5, 0.6) is 11.5 Å². The first-order valence-corrected chi connectivity index (χ1v) is 12.9. The molecule has 1 saturated heterocycles. The van der Waals surface area contributed by atoms with E-state index in [-0.39, 0.29) is 30.4 Å². The van der Waals surface area contributed by atoms with Gasteiger partial charge in [-0.2, -0.15) is 0 Å². The van der Waals surface area contributed by atoms with Gasteiger partial charge in [0.15, 0.2) is 11.5 Å². The van der Waals surface area contributed by atoms with E-state index in [4.69, 9.17) is 14.2 Å². The highest BCUT2D eigenvalue weighted by molar-refractivity contribution is 7.10. The van der Waals surface area contributed by atoms with Crippen LogP contribution in [0.4, 0.5) is 0 Å². The summed E-state index contributed by atoms with van der Waals surface area (Å²) in [5.74, 6) is 0.870. The fourth-order valence-corrected chi connectivity index (χ4v) is 5.56. The Morgan fingerprint density at radius 2 is 1.91 bits per heavy atom. The number of hydrogen-bond acceptors (Lipinski definition) is 6. The molecule has 2 fully saturated rings. The van der Waals surface area contributed by atoms with Crippen molar-refractivity contribution in [1.29, 1.82) is 0 Å². The van der Waals surface area contributed by atoms with Crippen LogP contribution >= 0.6 is 11.3 Å². The second-order valence-corrected chi connectivity index (χ2v) is 9.98. The molecule has 184 valence electrons. The molecule has 0 bridgehead atoms. The van der Waals surface area contributed by atoms with Gasteiger partial charge in [0, 0.05) is 24.1 Å². The highest BCUT2D eigenvalue weighted by atomic mass is 32.1. The van der Waals surface area contributed by atoms with Crippen molar-refractivity contribution in [3.05, 3.63) is 46.2 Å². The van der Waals surface area contributed by atoms with E-state index in [1.165, 1.54) is 0 Å². The second-order valence-electron chi connectivity index (χ2n) is 8.94. The third kappa shape index (κ3) is 5.91. The first kappa shape index (κ1) is 24.5. The Labute approximate surface area is 205 Å². The number of hydrogen-bond donors (Lipinski definition) is 1. The Morgan fingerprint density at radius 1 is 1.12 bits per heavy atom. The lowest BCUT2D eigenvalue weighted by Gasteiger charge is -2.34. The Kier molecular flexibility index (Phi) is 8.45. The minimum absolute atomic E-state index is 0.0748. The topological polar surface area (TPSA) is 77.1 Å². The van der Waals surface area contributed by atoms with Crippen LogP contribution in [0.2, 0.25) is 0 Å². The summed E-state index contributed by atoms with van der Waals surface area (Å²) >= 11 is 1.55. The molecular weight excluding hydrogens is 452 g/mol. The molecule has 2 aromatic rings. The Bertz CT molecular complexity index is 952. The van der Waals surface area contributed by atoms with E-state index < -0.39 is 6.04 Å². The lowest BCUT2D eigenvalue weighted by atomic mass is 10.0. The number of thiophene rings is 1. The van der Waals surface area contributed by atoms with Gasteiger partial charge in [-0.1, -0.05) is 25.0 Å². The molecular formula is C26H34N2O5S. The van der Waals surface area contributed by atoms with Crippen molar-refractivity contribution in [3.8, 4) is 11.5 Å². The lowest BCUT2D eigenvalue weighted by molar-refractivity contribution is -0.142. The molecule has 1 aromatic heterocycles. The molecule has 1 aliphatic carbocycles. The first-order chi connectivity index (χ1) is 16.6. The van der Waals surface area contributed by atoms with Crippen LogP contribution in [-0.4, -0.2) is 56.2 Å². The van der Waals surface area contributed by atoms with Gasteiger partial charge in [-0.05, 0) is 54.8 Å². The van der Waals surface area contributed by atoms with Gasteiger partial charge in [-0.25, -0.2) is 0 Å². The van der Waals surface area contributed by atoms with E-state index >= 15 is 0 Å². The fourth-order valence-electron chi connectivity index (χ4n) is 4.87. The van der Waals surface area contributed by atoms with Crippen molar-refractivity contribution >= 4 is 23.2 Å². The summed E-state index contributed by atoms with van der Waals surface area (Å²) in [5, 5.41) is 5.18. The molecule has 1 aromatic carbocycles. The third-order valence-electron chi connectivity index (χ3n) is 6.64. The maximum Gasteiger partial charge on any atom is 0.247 e. The Morgan fingerprint density at radius 3 is 2.56 bits per heavy atom. The zero-order chi connectivity index (χ0) is 23.9. The number of nitrogens with one attached hydrogen (secondary N) is 1. The SMILES string of the molecule is COc1ccc([C@H](C(=O)NC2CCCC2)N(C[C@@H]2CCCO2)C(=O)Cc2cccs2)cc1OC. The lowest BCUT2D eigenvalue weighted by Crippen LogP contribution is -2.48. The van der Waals surface area contributed by atoms with Crippen LogP contribution in [0.3, 0.4) is 0 Å². The molecule has 2 amide bonds. The molecule has 0 unspecified atom stereocenters. The smallest absolute Gasteiger partial charge is 0.247 e. The maximum absolute atomic E-state index is 13.8. The zero-order valence-corrected chi connectivity index (χ0v) is 20.8. The number of ether oxygens (including phenoxy) is 3. The summed E-state index contributed by atoms with van der Waals surface area (Å²) in [7, 11) is 3.15. The number of benzene rings is 1. The van der Waals surface area contributed by atoms with Crippen LogP contribution in [0, 0.1) is 0 Å². The molecule has 7 nitrogen and oxygen atoms in total. The third-order valence-corrected chi connectivity index (χ3v) is 7.51. The molecule has 34 heavy (non-hydrogen) atoms. The highest BCUT2D eigenvalue weighted by Gasteiger charge is 2.36. The van der Waals surface area contributed by atoms with E-state index in [0.717, 1.165) is 43.4 Å². The van der Waals surface area contributed by atoms with E-state index in [9.17, 15) is 9.59 Å². The molecule has 2 heterocycles. The van der Waals surface area contributed by atoms with Gasteiger partial charge in [-0.15, -0.1) is 11.3 Å². The number of methoxy groups -OCH3 is 2. The van der Waals surface area contributed by atoms with Crippen molar-refractivity contribution in [2.75, 3.05) is 27.4 Å². The summed E-state index contributed by atoms with van der Waals surface area (Å²) in [6.07, 6.45) is 6.20. The standard InChI is InChI=1S/C26H34N2O5S/c1-31-22-12-11-18(15-23(22)32-2)25(26(30)27-19-7-3-4-8-19)28(17-20-9-5-13-33-20)24(29)16-21-10-6-14-34-21/h6,10-12,14-15,19-20,25H,3-5,7-9,13,16-17H2,1-2H3,(H,27,30)/t20-,25+/m0/s1. The van der Waals surface area contributed by atoms with Gasteiger partial charge in [0.1, 0.15) is 6.04 Å². The quantitative estimate of drug-likeness (QED) is 0.547. The van der Waals surface area contributed by atoms with Crippen LogP contribution in [0.1, 0.15) is 55.0 Å². The largest absolute Gasteiger partial charge is 0.493 e. The molecule has 1 aliphatic heterocycles. The molecule has 2 aliphatic rings. The van der Waals surface area contributed by atoms with Crippen molar-refractivity contribution in [3.63, 3.8) is 0 Å². The van der Waals surface area contributed by atoms with Crippen LogP contribution in [-0.2, 0) is 20.7 Å². The van der Waals surface area contributed by atoms with Crippen molar-refractivity contribution < 1.29 is 23.8 Å². The second kappa shape index (κ2) is 11.7. The number of carbonyl (C=O) groups excluding carboxylic acids is 2. The Balaban J connectivity index is 1.69. The first-order valence-electron chi connectivity index (χ1n) is 12.0. The zero-order valence-electron chi connectivity index (χ0n) is 20.0. The average Bonchev–Trinajstić information content (AvgIpc) is 3.63. The number of rotatable bonds is 10. The molecule has 1 N–H and O–H groups in total. The van der Waals surface area contributed by atoms with Crippen molar-refractivity contribution in [1.82, 2.24) is 10.2 Å². The average molecular weight is 487 g/mol. The monoisotopic (exact) mass is 486 g/mol. The van der Waals surface area contributed by atoms with Gasteiger partial charge in [0.2, 0.25) is 11.8 Å². The minimum Gasteiger partial charge on any atom is -0.493 e. The van der Waals surface area contributed by atoms with E-state index in [1.807, 2.05) is 23.6 Å². The number of amides is 2. The predicted molar refractivity (Wildman–Crippen MR) is 131 cm³/mol. The minimum atomic E-state index is -0.780. The van der Waals surface area contributed by atoms with Gasteiger partial charge in [0.05, 0.1) is 26.7 Å². The highest BCUT2D eigenvalue weighted by Crippen LogP contribution is 2.34. The van der Waals surface area contributed by atoms with Crippen LogP contribution in [0.25, 0.3) is 0 Å². The number of nitrogens with zero attached hydrogens (tertiary/aromatic N) is 1. The maximum atomic E-state index is 13.8. The van der Waals surface area contributed by atoms with Crippen LogP contribution in [0.15, 0.2) is 35.7 Å². The summed E-state index contributed by atoms with van der Waals surface area (Å²) < 4.78 is 16.8. The van der Waals surface area contributed by atoms with E-state index in [0.29, 0.717) is 30.2 Å². The van der Waals surface area contributed by atoms with E-state index in [1.54, 1.807) is 42.6 Å². The molecule has 4 rings (SSSR count). The van der Waals surface area contributed by atoms with Gasteiger partial charge in [0.25, 0.3) is 0 Å². The normalized spacial score (nSPS) is 19.1.